The van der Waals surface area contributed by atoms with Gasteiger partial charge in [0.05, 0.1) is 6.54 Å². The summed E-state index contributed by atoms with van der Waals surface area (Å²) < 4.78 is 4.15. The van der Waals surface area contributed by atoms with Crippen molar-refractivity contribution in [1.29, 1.82) is 0 Å². The molecule has 1 N–H and O–H groups in total. The SMILES string of the molecule is CC(C)n1ncnc1Cn1ccc(CNC2CC2)c1. The fourth-order valence-electron chi connectivity index (χ4n) is 2.22. The van der Waals surface area contributed by atoms with Gasteiger partial charge in [0.2, 0.25) is 0 Å². The van der Waals surface area contributed by atoms with E-state index in [-0.39, 0.29) is 0 Å². The first-order valence-electron chi connectivity index (χ1n) is 6.99. The number of hydrogen-bond donors (Lipinski definition) is 1. The average Bonchev–Trinajstić information content (AvgIpc) is 2.91. The Hall–Kier alpha value is -1.62. The van der Waals surface area contributed by atoms with Gasteiger partial charge in [-0.3, -0.25) is 0 Å². The molecule has 0 amide bonds. The summed E-state index contributed by atoms with van der Waals surface area (Å²) in [7, 11) is 0. The second-order valence-corrected chi connectivity index (χ2v) is 5.56. The monoisotopic (exact) mass is 259 g/mol. The maximum atomic E-state index is 4.34. The van der Waals surface area contributed by atoms with E-state index in [2.05, 4.69) is 52.3 Å². The minimum Gasteiger partial charge on any atom is -0.346 e. The molecular formula is C14H21N5. The van der Waals surface area contributed by atoms with Crippen molar-refractivity contribution in [3.05, 3.63) is 36.2 Å². The Morgan fingerprint density at radius 3 is 3.00 bits per heavy atom. The molecule has 0 saturated heterocycles. The molecule has 1 aliphatic carbocycles. The van der Waals surface area contributed by atoms with Gasteiger partial charge in [-0.15, -0.1) is 0 Å². The predicted molar refractivity (Wildman–Crippen MR) is 73.8 cm³/mol. The molecule has 1 saturated carbocycles. The van der Waals surface area contributed by atoms with Crippen molar-refractivity contribution in [2.24, 2.45) is 0 Å². The summed E-state index contributed by atoms with van der Waals surface area (Å²) in [4.78, 5) is 4.34. The van der Waals surface area contributed by atoms with E-state index in [0.29, 0.717) is 6.04 Å². The van der Waals surface area contributed by atoms with Crippen LogP contribution >= 0.6 is 0 Å². The molecule has 5 nitrogen and oxygen atoms in total. The zero-order chi connectivity index (χ0) is 13.2. The van der Waals surface area contributed by atoms with Crippen LogP contribution in [0, 0.1) is 0 Å². The van der Waals surface area contributed by atoms with Crippen molar-refractivity contribution in [3.63, 3.8) is 0 Å². The molecule has 0 bridgehead atoms. The third-order valence-corrected chi connectivity index (χ3v) is 3.44. The van der Waals surface area contributed by atoms with Gasteiger partial charge < -0.3 is 9.88 Å². The van der Waals surface area contributed by atoms with Crippen LogP contribution in [0.5, 0.6) is 0 Å². The number of rotatable bonds is 6. The van der Waals surface area contributed by atoms with Crippen molar-refractivity contribution in [2.75, 3.05) is 0 Å². The van der Waals surface area contributed by atoms with Crippen LogP contribution in [0.3, 0.4) is 0 Å². The Balaban J connectivity index is 1.63. The molecule has 19 heavy (non-hydrogen) atoms. The number of aromatic nitrogens is 4. The standard InChI is InChI=1S/C14H21N5/c1-11(2)19-14(16-10-17-19)9-18-6-5-12(8-18)7-15-13-3-4-13/h5-6,8,10-11,13,15H,3-4,7,9H2,1-2H3. The number of hydrogen-bond acceptors (Lipinski definition) is 3. The molecule has 2 aromatic rings. The summed E-state index contributed by atoms with van der Waals surface area (Å²) >= 11 is 0. The Morgan fingerprint density at radius 2 is 2.26 bits per heavy atom. The van der Waals surface area contributed by atoms with E-state index in [0.717, 1.165) is 25.0 Å². The first kappa shape index (κ1) is 12.4. The first-order valence-corrected chi connectivity index (χ1v) is 6.99. The fourth-order valence-corrected chi connectivity index (χ4v) is 2.22. The second-order valence-electron chi connectivity index (χ2n) is 5.56. The summed E-state index contributed by atoms with van der Waals surface area (Å²) in [6.45, 7) is 5.99. The van der Waals surface area contributed by atoms with Crippen LogP contribution in [0.25, 0.3) is 0 Å². The first-order chi connectivity index (χ1) is 9.22. The van der Waals surface area contributed by atoms with E-state index in [1.165, 1.54) is 18.4 Å². The van der Waals surface area contributed by atoms with Gasteiger partial charge in [0.25, 0.3) is 0 Å². The van der Waals surface area contributed by atoms with E-state index >= 15 is 0 Å². The second kappa shape index (κ2) is 5.17. The molecule has 2 aromatic heterocycles. The van der Waals surface area contributed by atoms with E-state index in [1.807, 2.05) is 4.68 Å². The maximum Gasteiger partial charge on any atom is 0.147 e. The number of nitrogens with zero attached hydrogens (tertiary/aromatic N) is 4. The van der Waals surface area contributed by atoms with Gasteiger partial charge >= 0.3 is 0 Å². The van der Waals surface area contributed by atoms with Crippen molar-refractivity contribution < 1.29 is 0 Å². The van der Waals surface area contributed by atoms with Gasteiger partial charge in [-0.2, -0.15) is 5.10 Å². The predicted octanol–water partition coefficient (Wildman–Crippen LogP) is 1.96. The van der Waals surface area contributed by atoms with Crippen LogP contribution in [-0.2, 0) is 13.1 Å². The molecule has 0 unspecified atom stereocenters. The van der Waals surface area contributed by atoms with Crippen LogP contribution in [0.1, 0.15) is 44.1 Å². The van der Waals surface area contributed by atoms with Crippen molar-refractivity contribution in [3.8, 4) is 0 Å². The molecule has 2 heterocycles. The summed E-state index contributed by atoms with van der Waals surface area (Å²) in [6.07, 6.45) is 8.60. The normalized spacial score (nSPS) is 15.3. The fraction of sp³-hybridized carbons (Fsp3) is 0.571. The molecule has 1 aliphatic rings. The zero-order valence-corrected chi connectivity index (χ0v) is 11.6. The average molecular weight is 259 g/mol. The van der Waals surface area contributed by atoms with Gasteiger partial charge in [-0.1, -0.05) is 0 Å². The topological polar surface area (TPSA) is 47.7 Å². The van der Waals surface area contributed by atoms with Crippen LogP contribution in [0.4, 0.5) is 0 Å². The lowest BCUT2D eigenvalue weighted by atomic mass is 10.3. The molecule has 0 radical (unpaired) electrons. The molecular weight excluding hydrogens is 238 g/mol. The third-order valence-electron chi connectivity index (χ3n) is 3.44. The van der Waals surface area contributed by atoms with E-state index in [1.54, 1.807) is 6.33 Å². The maximum absolute atomic E-state index is 4.34. The summed E-state index contributed by atoms with van der Waals surface area (Å²) in [5, 5.41) is 7.79. The summed E-state index contributed by atoms with van der Waals surface area (Å²) in [5.74, 6) is 1.01. The molecule has 0 aromatic carbocycles. The lowest BCUT2D eigenvalue weighted by Crippen LogP contribution is -2.15. The summed E-state index contributed by atoms with van der Waals surface area (Å²) in [5.41, 5.74) is 1.34. The van der Waals surface area contributed by atoms with Crippen molar-refractivity contribution >= 4 is 0 Å². The van der Waals surface area contributed by atoms with Gasteiger partial charge in [-0.05, 0) is 38.3 Å². The Labute approximate surface area is 113 Å². The minimum atomic E-state index is 0.351. The molecule has 0 aliphatic heterocycles. The quantitative estimate of drug-likeness (QED) is 0.862. The molecule has 0 spiro atoms. The third kappa shape index (κ3) is 3.04. The van der Waals surface area contributed by atoms with Gasteiger partial charge in [0.1, 0.15) is 12.2 Å². The van der Waals surface area contributed by atoms with Gasteiger partial charge in [0.15, 0.2) is 0 Å². The molecule has 102 valence electrons. The molecule has 1 fully saturated rings. The summed E-state index contributed by atoms with van der Waals surface area (Å²) in [6, 6.07) is 3.28. The van der Waals surface area contributed by atoms with Crippen molar-refractivity contribution in [1.82, 2.24) is 24.6 Å². The molecule has 0 atom stereocenters. The van der Waals surface area contributed by atoms with Gasteiger partial charge in [0, 0.05) is 31.0 Å². The number of nitrogens with one attached hydrogen (secondary N) is 1. The highest BCUT2D eigenvalue weighted by molar-refractivity contribution is 5.11. The lowest BCUT2D eigenvalue weighted by molar-refractivity contribution is 0.496. The highest BCUT2D eigenvalue weighted by Crippen LogP contribution is 2.19. The molecule has 5 heteroatoms. The Bertz CT molecular complexity index is 536. The Morgan fingerprint density at radius 1 is 1.42 bits per heavy atom. The highest BCUT2D eigenvalue weighted by Gasteiger charge is 2.20. The van der Waals surface area contributed by atoms with Crippen molar-refractivity contribution in [2.45, 2.75) is 51.9 Å². The minimum absolute atomic E-state index is 0.351. The Kier molecular flexibility index (Phi) is 3.38. The largest absolute Gasteiger partial charge is 0.346 e. The lowest BCUT2D eigenvalue weighted by Gasteiger charge is -2.09. The van der Waals surface area contributed by atoms with E-state index in [9.17, 15) is 0 Å². The van der Waals surface area contributed by atoms with Gasteiger partial charge in [-0.25, -0.2) is 9.67 Å². The smallest absolute Gasteiger partial charge is 0.147 e. The molecule has 3 rings (SSSR count). The van der Waals surface area contributed by atoms with Crippen LogP contribution in [-0.4, -0.2) is 25.4 Å². The van der Waals surface area contributed by atoms with Crippen LogP contribution < -0.4 is 5.32 Å². The van der Waals surface area contributed by atoms with Crippen LogP contribution in [0.15, 0.2) is 24.8 Å². The highest BCUT2D eigenvalue weighted by atomic mass is 15.4. The van der Waals surface area contributed by atoms with E-state index in [4.69, 9.17) is 0 Å². The zero-order valence-electron chi connectivity index (χ0n) is 11.6. The van der Waals surface area contributed by atoms with Crippen LogP contribution in [0.2, 0.25) is 0 Å². The van der Waals surface area contributed by atoms with E-state index < -0.39 is 0 Å².